The van der Waals surface area contributed by atoms with Crippen molar-refractivity contribution in [2.45, 2.75) is 13.8 Å². The molecular weight excluding hydrogens is 366 g/mol. The maximum absolute atomic E-state index is 12.7. The summed E-state index contributed by atoms with van der Waals surface area (Å²) in [5.41, 5.74) is 1.36. The van der Waals surface area contributed by atoms with Gasteiger partial charge in [-0.1, -0.05) is 18.2 Å². The molecule has 7 heteroatoms. The minimum atomic E-state index is -0.777. The summed E-state index contributed by atoms with van der Waals surface area (Å²) in [5, 5.41) is 4.29. The second-order valence-electron chi connectivity index (χ2n) is 5.77. The van der Waals surface area contributed by atoms with Crippen molar-refractivity contribution in [2.75, 3.05) is 13.2 Å². The Hall–Kier alpha value is -3.06. The Balaban J connectivity index is 2.11. The van der Waals surface area contributed by atoms with Gasteiger partial charge in [-0.2, -0.15) is 0 Å². The van der Waals surface area contributed by atoms with Crippen molar-refractivity contribution in [2.24, 2.45) is 0 Å². The van der Waals surface area contributed by atoms with Gasteiger partial charge in [0.25, 0.3) is 0 Å². The fourth-order valence-corrected chi connectivity index (χ4v) is 4.16. The number of rotatable bonds is 3. The summed E-state index contributed by atoms with van der Waals surface area (Å²) >= 11 is 1.52. The van der Waals surface area contributed by atoms with E-state index >= 15 is 0 Å². The Kier molecular flexibility index (Phi) is 4.45. The van der Waals surface area contributed by atoms with E-state index in [9.17, 15) is 9.59 Å². The van der Waals surface area contributed by atoms with Gasteiger partial charge < -0.3 is 14.2 Å². The van der Waals surface area contributed by atoms with Gasteiger partial charge in [-0.15, -0.1) is 11.3 Å². The van der Waals surface area contributed by atoms with Gasteiger partial charge in [-0.25, -0.2) is 14.2 Å². The zero-order valence-electron chi connectivity index (χ0n) is 14.9. The molecule has 0 saturated carbocycles. The number of aromatic nitrogens is 1. The highest BCUT2D eigenvalue weighted by atomic mass is 32.1. The Morgan fingerprint density at radius 1 is 1.07 bits per heavy atom. The first-order valence-corrected chi connectivity index (χ1v) is 9.48. The second kappa shape index (κ2) is 6.92. The van der Waals surface area contributed by atoms with Gasteiger partial charge in [0.2, 0.25) is 0 Å². The number of benzene rings is 2. The summed E-state index contributed by atoms with van der Waals surface area (Å²) in [4.78, 5) is 24.7. The van der Waals surface area contributed by atoms with E-state index in [-0.39, 0.29) is 13.2 Å². The van der Waals surface area contributed by atoms with E-state index in [1.54, 1.807) is 24.5 Å². The highest BCUT2D eigenvalue weighted by molar-refractivity contribution is 7.18. The second-order valence-corrected chi connectivity index (χ2v) is 6.69. The monoisotopic (exact) mass is 383 g/mol. The van der Waals surface area contributed by atoms with Gasteiger partial charge in [0.15, 0.2) is 0 Å². The molecule has 0 aliphatic heterocycles. The van der Waals surface area contributed by atoms with E-state index < -0.39 is 12.2 Å². The molecule has 0 aliphatic carbocycles. The molecule has 138 valence electrons. The lowest BCUT2D eigenvalue weighted by Gasteiger charge is -2.09. The molecule has 4 aromatic rings. The number of nitrogens with zero attached hydrogens (tertiary/aromatic N) is 1. The molecular formula is C20H17NO5S. The van der Waals surface area contributed by atoms with Crippen LogP contribution in [0.1, 0.15) is 13.8 Å². The number of hydrogen-bond acceptors (Lipinski definition) is 6. The van der Waals surface area contributed by atoms with Crippen LogP contribution in [-0.4, -0.2) is 30.0 Å². The molecule has 0 spiro atoms. The molecule has 0 bridgehead atoms. The van der Waals surface area contributed by atoms with Crippen LogP contribution in [0.5, 0.6) is 5.75 Å². The molecule has 0 amide bonds. The SMILES string of the molecule is CCOC(=O)Oc1cc2ccsc2c2c1c1ccccc1n2C(=O)OCC. The van der Waals surface area contributed by atoms with Crippen LogP contribution in [0, 0.1) is 0 Å². The largest absolute Gasteiger partial charge is 0.513 e. The summed E-state index contributed by atoms with van der Waals surface area (Å²) < 4.78 is 18.2. The Morgan fingerprint density at radius 3 is 2.63 bits per heavy atom. The lowest BCUT2D eigenvalue weighted by atomic mass is 10.1. The van der Waals surface area contributed by atoms with E-state index in [2.05, 4.69) is 0 Å². The van der Waals surface area contributed by atoms with Crippen molar-refractivity contribution >= 4 is 55.5 Å². The number of carbonyl (C=O) groups excluding carboxylic acids is 2. The van der Waals surface area contributed by atoms with E-state index in [1.807, 2.05) is 35.7 Å². The van der Waals surface area contributed by atoms with Gasteiger partial charge in [0, 0.05) is 5.39 Å². The summed E-state index contributed by atoms with van der Waals surface area (Å²) in [6.45, 7) is 3.96. The molecule has 4 rings (SSSR count). The number of fused-ring (bicyclic) bond motifs is 5. The Bertz CT molecular complexity index is 1170. The first kappa shape index (κ1) is 17.4. The number of hydrogen-bond donors (Lipinski definition) is 0. The molecule has 2 heterocycles. The molecule has 0 N–H and O–H groups in total. The molecule has 0 unspecified atom stereocenters. The van der Waals surface area contributed by atoms with E-state index in [1.165, 1.54) is 11.3 Å². The maximum atomic E-state index is 12.7. The minimum absolute atomic E-state index is 0.216. The summed E-state index contributed by atoms with van der Waals surface area (Å²) in [6, 6.07) is 11.2. The van der Waals surface area contributed by atoms with Crippen molar-refractivity contribution in [3.05, 3.63) is 41.8 Å². The van der Waals surface area contributed by atoms with Crippen molar-refractivity contribution in [1.82, 2.24) is 4.57 Å². The smallest absolute Gasteiger partial charge is 0.449 e. The molecule has 6 nitrogen and oxygen atoms in total. The lowest BCUT2D eigenvalue weighted by Crippen LogP contribution is -2.13. The molecule has 0 fully saturated rings. The van der Waals surface area contributed by atoms with Crippen LogP contribution in [0.15, 0.2) is 41.8 Å². The molecule has 0 aliphatic rings. The number of ether oxygens (including phenoxy) is 3. The average Bonchev–Trinajstić information content (AvgIpc) is 3.24. The van der Waals surface area contributed by atoms with Crippen molar-refractivity contribution in [1.29, 1.82) is 0 Å². The highest BCUT2D eigenvalue weighted by Gasteiger charge is 2.24. The average molecular weight is 383 g/mol. The third-order valence-corrected chi connectivity index (χ3v) is 5.16. The van der Waals surface area contributed by atoms with Crippen LogP contribution in [-0.2, 0) is 9.47 Å². The number of carbonyl (C=O) groups is 2. The first-order chi connectivity index (χ1) is 13.2. The van der Waals surface area contributed by atoms with E-state index in [0.717, 1.165) is 15.5 Å². The van der Waals surface area contributed by atoms with Crippen molar-refractivity contribution in [3.8, 4) is 5.75 Å². The molecule has 0 radical (unpaired) electrons. The standard InChI is InChI=1S/C20H17NO5S/c1-3-24-19(22)21-14-8-6-5-7-13(14)16-15(26-20(23)25-4-2)11-12-9-10-27-18(12)17(16)21/h5-11H,3-4H2,1-2H3. The summed E-state index contributed by atoms with van der Waals surface area (Å²) in [6.07, 6.45) is -1.24. The molecule has 0 atom stereocenters. The van der Waals surface area contributed by atoms with Crippen molar-refractivity contribution < 1.29 is 23.8 Å². The Labute approximate surface area is 158 Å². The Morgan fingerprint density at radius 2 is 1.85 bits per heavy atom. The molecule has 0 saturated heterocycles. The quantitative estimate of drug-likeness (QED) is 0.343. The third-order valence-electron chi connectivity index (χ3n) is 4.22. The van der Waals surface area contributed by atoms with Gasteiger partial charge in [0.05, 0.1) is 34.3 Å². The molecule has 2 aromatic heterocycles. The number of para-hydroxylation sites is 1. The van der Waals surface area contributed by atoms with Crippen LogP contribution >= 0.6 is 11.3 Å². The molecule has 2 aromatic carbocycles. The van der Waals surface area contributed by atoms with Crippen LogP contribution in [0.4, 0.5) is 9.59 Å². The van der Waals surface area contributed by atoms with Gasteiger partial charge >= 0.3 is 12.2 Å². The topological polar surface area (TPSA) is 66.8 Å². The predicted molar refractivity (Wildman–Crippen MR) is 105 cm³/mol. The highest BCUT2D eigenvalue weighted by Crippen LogP contribution is 2.42. The van der Waals surface area contributed by atoms with E-state index in [4.69, 9.17) is 14.2 Å². The normalized spacial score (nSPS) is 11.2. The maximum Gasteiger partial charge on any atom is 0.513 e. The van der Waals surface area contributed by atoms with Crippen molar-refractivity contribution in [3.63, 3.8) is 0 Å². The third kappa shape index (κ3) is 2.80. The predicted octanol–water partition coefficient (Wildman–Crippen LogP) is 5.55. The van der Waals surface area contributed by atoms with E-state index in [0.29, 0.717) is 22.2 Å². The zero-order valence-corrected chi connectivity index (χ0v) is 15.7. The first-order valence-electron chi connectivity index (χ1n) is 8.60. The zero-order chi connectivity index (χ0) is 19.0. The van der Waals surface area contributed by atoms with Gasteiger partial charge in [0.1, 0.15) is 5.75 Å². The fraction of sp³-hybridized carbons (Fsp3) is 0.200. The number of thiophene rings is 1. The van der Waals surface area contributed by atoms with Gasteiger partial charge in [-0.3, -0.25) is 0 Å². The minimum Gasteiger partial charge on any atom is -0.449 e. The summed E-state index contributed by atoms with van der Waals surface area (Å²) in [5.74, 6) is 0.355. The van der Waals surface area contributed by atoms with Crippen LogP contribution in [0.25, 0.3) is 31.9 Å². The summed E-state index contributed by atoms with van der Waals surface area (Å²) in [7, 11) is 0. The fourth-order valence-electron chi connectivity index (χ4n) is 3.24. The van der Waals surface area contributed by atoms with Gasteiger partial charge in [-0.05, 0) is 42.8 Å². The van der Waals surface area contributed by atoms with Crippen LogP contribution in [0.3, 0.4) is 0 Å². The van der Waals surface area contributed by atoms with Crippen LogP contribution in [0.2, 0.25) is 0 Å². The molecule has 27 heavy (non-hydrogen) atoms. The lowest BCUT2D eigenvalue weighted by molar-refractivity contribution is 0.105. The van der Waals surface area contributed by atoms with Crippen LogP contribution < -0.4 is 4.74 Å².